The Labute approximate surface area is 73.3 Å². The summed E-state index contributed by atoms with van der Waals surface area (Å²) in [6.45, 7) is 6.90. The summed E-state index contributed by atoms with van der Waals surface area (Å²) < 4.78 is 0. The van der Waals surface area contributed by atoms with Gasteiger partial charge in [0.1, 0.15) is 0 Å². The second-order valence-electron chi connectivity index (χ2n) is 4.57. The van der Waals surface area contributed by atoms with Crippen molar-refractivity contribution in [2.24, 2.45) is 11.3 Å². The van der Waals surface area contributed by atoms with Crippen molar-refractivity contribution in [2.45, 2.75) is 33.6 Å². The molecule has 0 spiro atoms. The normalized spacial score (nSPS) is 26.2. The Bertz CT molecular complexity index is 183. The van der Waals surface area contributed by atoms with Crippen LogP contribution in [0.5, 0.6) is 0 Å². The van der Waals surface area contributed by atoms with Crippen molar-refractivity contribution in [1.29, 1.82) is 0 Å². The molecule has 1 heterocycles. The molecule has 0 aliphatic carbocycles. The van der Waals surface area contributed by atoms with Crippen LogP contribution in [0.4, 0.5) is 0 Å². The molecule has 0 saturated carbocycles. The molecule has 1 unspecified atom stereocenters. The highest BCUT2D eigenvalue weighted by Gasteiger charge is 2.32. The van der Waals surface area contributed by atoms with E-state index in [9.17, 15) is 4.79 Å². The van der Waals surface area contributed by atoms with E-state index < -0.39 is 0 Å². The number of carbonyl (C=O) groups is 1. The highest BCUT2D eigenvalue weighted by molar-refractivity contribution is 5.75. The predicted octanol–water partition coefficient (Wildman–Crippen LogP) is 1.66. The van der Waals surface area contributed by atoms with Crippen LogP contribution < -0.4 is 0 Å². The average Bonchev–Trinajstić information content (AvgIpc) is 1.92. The lowest BCUT2D eigenvalue weighted by atomic mass is 9.75. The summed E-state index contributed by atoms with van der Waals surface area (Å²) in [5.41, 5.74) is 0.178. The zero-order valence-electron chi connectivity index (χ0n) is 8.00. The van der Waals surface area contributed by atoms with Gasteiger partial charge in [-0.05, 0) is 17.8 Å². The molecule has 3 nitrogen and oxygen atoms in total. The van der Waals surface area contributed by atoms with Crippen molar-refractivity contribution in [3.8, 4) is 0 Å². The topological polar surface area (TPSA) is 40.5 Å². The lowest BCUT2D eigenvalue weighted by Gasteiger charge is -2.35. The van der Waals surface area contributed by atoms with Crippen LogP contribution in [0, 0.1) is 11.3 Å². The van der Waals surface area contributed by atoms with Gasteiger partial charge in [0.2, 0.25) is 5.91 Å². The van der Waals surface area contributed by atoms with E-state index in [-0.39, 0.29) is 11.3 Å². The van der Waals surface area contributed by atoms with Gasteiger partial charge in [0, 0.05) is 13.0 Å². The van der Waals surface area contributed by atoms with Crippen LogP contribution in [0.15, 0.2) is 0 Å². The minimum absolute atomic E-state index is 0.138. The van der Waals surface area contributed by atoms with Gasteiger partial charge in [-0.3, -0.25) is 10.0 Å². The first-order valence-corrected chi connectivity index (χ1v) is 4.40. The smallest absolute Gasteiger partial charge is 0.246 e. The van der Waals surface area contributed by atoms with Crippen LogP contribution in [0.25, 0.3) is 0 Å². The van der Waals surface area contributed by atoms with Crippen molar-refractivity contribution in [3.05, 3.63) is 0 Å². The minimum atomic E-state index is -0.138. The molecule has 1 saturated heterocycles. The molecule has 1 rings (SSSR count). The third-order valence-electron chi connectivity index (χ3n) is 2.62. The van der Waals surface area contributed by atoms with Crippen molar-refractivity contribution in [1.82, 2.24) is 5.06 Å². The first-order chi connectivity index (χ1) is 5.41. The van der Waals surface area contributed by atoms with Gasteiger partial charge in [0.15, 0.2) is 0 Å². The number of nitrogens with zero attached hydrogens (tertiary/aromatic N) is 1. The monoisotopic (exact) mass is 171 g/mol. The van der Waals surface area contributed by atoms with E-state index in [0.717, 1.165) is 11.5 Å². The van der Waals surface area contributed by atoms with Crippen LogP contribution in [0.3, 0.4) is 0 Å². The summed E-state index contributed by atoms with van der Waals surface area (Å²) in [6, 6.07) is 0. The molecule has 0 aromatic heterocycles. The molecule has 70 valence electrons. The molecule has 3 heteroatoms. The number of rotatable bonds is 0. The lowest BCUT2D eigenvalue weighted by Crippen LogP contribution is -2.40. The number of hydroxylamine groups is 2. The van der Waals surface area contributed by atoms with Crippen molar-refractivity contribution in [2.75, 3.05) is 6.54 Å². The van der Waals surface area contributed by atoms with E-state index in [1.54, 1.807) is 0 Å². The third kappa shape index (κ3) is 1.97. The number of piperidine rings is 1. The molecule has 1 N–H and O–H groups in total. The molecule has 0 bridgehead atoms. The van der Waals surface area contributed by atoms with Crippen molar-refractivity contribution < 1.29 is 10.0 Å². The van der Waals surface area contributed by atoms with Gasteiger partial charge in [0.25, 0.3) is 0 Å². The standard InChI is InChI=1S/C9H17NO2/c1-9(2,3)7-4-5-10(12)8(11)6-7/h7,12H,4-6H2,1-3H3. The van der Waals surface area contributed by atoms with Gasteiger partial charge in [-0.25, -0.2) is 5.06 Å². The first-order valence-electron chi connectivity index (χ1n) is 4.40. The highest BCUT2D eigenvalue weighted by atomic mass is 16.5. The molecule has 1 atom stereocenters. The SMILES string of the molecule is CC(C)(C)C1CCN(O)C(=O)C1. The lowest BCUT2D eigenvalue weighted by molar-refractivity contribution is -0.175. The van der Waals surface area contributed by atoms with Crippen LogP contribution >= 0.6 is 0 Å². The molecular weight excluding hydrogens is 154 g/mol. The van der Waals surface area contributed by atoms with Crippen LogP contribution in [-0.2, 0) is 4.79 Å². The number of carbonyl (C=O) groups excluding carboxylic acids is 1. The van der Waals surface area contributed by atoms with E-state index in [4.69, 9.17) is 5.21 Å². The van der Waals surface area contributed by atoms with E-state index in [1.807, 2.05) is 0 Å². The molecule has 0 aromatic rings. The molecule has 1 amide bonds. The summed E-state index contributed by atoms with van der Waals surface area (Å²) in [7, 11) is 0. The van der Waals surface area contributed by atoms with Gasteiger partial charge in [0.05, 0.1) is 0 Å². The minimum Gasteiger partial charge on any atom is -0.286 e. The molecular formula is C9H17NO2. The van der Waals surface area contributed by atoms with Gasteiger partial charge >= 0.3 is 0 Å². The second-order valence-corrected chi connectivity index (χ2v) is 4.57. The summed E-state index contributed by atoms with van der Waals surface area (Å²) in [6.07, 6.45) is 1.39. The zero-order chi connectivity index (χ0) is 9.35. The molecule has 1 aliphatic heterocycles. The molecule has 1 fully saturated rings. The zero-order valence-corrected chi connectivity index (χ0v) is 8.00. The van der Waals surface area contributed by atoms with Gasteiger partial charge in [-0.2, -0.15) is 0 Å². The fraction of sp³-hybridized carbons (Fsp3) is 0.889. The summed E-state index contributed by atoms with van der Waals surface area (Å²) >= 11 is 0. The summed E-state index contributed by atoms with van der Waals surface area (Å²) in [4.78, 5) is 11.1. The number of hydrogen-bond acceptors (Lipinski definition) is 2. The fourth-order valence-electron chi connectivity index (χ4n) is 1.56. The van der Waals surface area contributed by atoms with Gasteiger partial charge in [-0.15, -0.1) is 0 Å². The fourth-order valence-corrected chi connectivity index (χ4v) is 1.56. The maximum Gasteiger partial charge on any atom is 0.246 e. The molecule has 1 aliphatic rings. The Morgan fingerprint density at radius 2 is 2.08 bits per heavy atom. The maximum atomic E-state index is 11.1. The molecule has 0 radical (unpaired) electrons. The average molecular weight is 171 g/mol. The first kappa shape index (κ1) is 9.52. The number of hydrogen-bond donors (Lipinski definition) is 1. The highest BCUT2D eigenvalue weighted by Crippen LogP contribution is 2.34. The number of amides is 1. The van der Waals surface area contributed by atoms with Crippen molar-refractivity contribution >= 4 is 5.91 Å². The Morgan fingerprint density at radius 3 is 2.50 bits per heavy atom. The van der Waals surface area contributed by atoms with E-state index >= 15 is 0 Å². The predicted molar refractivity (Wildman–Crippen MR) is 45.7 cm³/mol. The molecule has 0 aromatic carbocycles. The third-order valence-corrected chi connectivity index (χ3v) is 2.62. The Hall–Kier alpha value is -0.570. The van der Waals surface area contributed by atoms with Crippen LogP contribution in [0.2, 0.25) is 0 Å². The van der Waals surface area contributed by atoms with Gasteiger partial charge in [-0.1, -0.05) is 20.8 Å². The second kappa shape index (κ2) is 3.05. The van der Waals surface area contributed by atoms with Crippen LogP contribution in [0.1, 0.15) is 33.6 Å². The Balaban J connectivity index is 2.57. The Morgan fingerprint density at radius 1 is 1.50 bits per heavy atom. The van der Waals surface area contributed by atoms with E-state index in [2.05, 4.69) is 20.8 Å². The van der Waals surface area contributed by atoms with Crippen LogP contribution in [-0.4, -0.2) is 22.7 Å². The Kier molecular flexibility index (Phi) is 2.42. The van der Waals surface area contributed by atoms with Crippen molar-refractivity contribution in [3.63, 3.8) is 0 Å². The molecule has 12 heavy (non-hydrogen) atoms. The van der Waals surface area contributed by atoms with E-state index in [0.29, 0.717) is 18.9 Å². The quantitative estimate of drug-likeness (QED) is 0.563. The summed E-state index contributed by atoms with van der Waals surface area (Å²) in [5.74, 6) is 0.273. The van der Waals surface area contributed by atoms with Gasteiger partial charge < -0.3 is 0 Å². The largest absolute Gasteiger partial charge is 0.286 e. The van der Waals surface area contributed by atoms with E-state index in [1.165, 1.54) is 0 Å². The summed E-state index contributed by atoms with van der Waals surface area (Å²) in [5, 5.41) is 9.88. The maximum absolute atomic E-state index is 11.1.